The van der Waals surface area contributed by atoms with Crippen LogP contribution in [0.4, 0.5) is 0 Å². The van der Waals surface area contributed by atoms with Gasteiger partial charge in [-0.25, -0.2) is 0 Å². The van der Waals surface area contributed by atoms with Crippen molar-refractivity contribution in [2.24, 2.45) is 23.2 Å². The minimum atomic E-state index is -0.125. The summed E-state index contributed by atoms with van der Waals surface area (Å²) in [4.78, 5) is 12.5. The fourth-order valence-corrected chi connectivity index (χ4v) is 6.81. The molecule has 1 aromatic rings. The minimum Gasteiger partial charge on any atom is -0.359 e. The summed E-state index contributed by atoms with van der Waals surface area (Å²) in [5.41, 5.74) is 1.06. The van der Waals surface area contributed by atoms with E-state index in [1.807, 2.05) is 24.3 Å². The molecule has 3 nitrogen and oxygen atoms in total. The van der Waals surface area contributed by atoms with Crippen LogP contribution < -0.4 is 10.6 Å². The largest absolute Gasteiger partial charge is 0.359 e. The van der Waals surface area contributed by atoms with E-state index in [1.54, 1.807) is 0 Å². The molecule has 1 aromatic carbocycles. The van der Waals surface area contributed by atoms with Gasteiger partial charge in [0.25, 0.3) is 5.91 Å². The Hall–Kier alpha value is -0.690. The van der Waals surface area contributed by atoms with Crippen molar-refractivity contribution < 1.29 is 4.79 Å². The predicted molar refractivity (Wildman–Crippen MR) is 112 cm³/mol. The summed E-state index contributed by atoms with van der Waals surface area (Å²) in [6, 6.07) is 7.91. The molecule has 0 spiro atoms. The maximum atomic E-state index is 12.5. The van der Waals surface area contributed by atoms with Gasteiger partial charge in [-0.2, -0.15) is 0 Å². The Bertz CT molecular complexity index is 669. The van der Waals surface area contributed by atoms with Crippen molar-refractivity contribution in [1.29, 1.82) is 0 Å². The van der Waals surface area contributed by atoms with E-state index in [1.165, 1.54) is 38.5 Å². The first-order valence-corrected chi connectivity index (χ1v) is 10.8. The van der Waals surface area contributed by atoms with Gasteiger partial charge in [0.1, 0.15) is 0 Å². The normalized spacial score (nSPS) is 33.8. The van der Waals surface area contributed by atoms with Crippen molar-refractivity contribution >= 4 is 45.8 Å². The zero-order chi connectivity index (χ0) is 17.6. The number of hydrogen-bond acceptors (Lipinski definition) is 2. The monoisotopic (exact) mass is 468 g/mol. The van der Waals surface area contributed by atoms with Gasteiger partial charge in [0, 0.05) is 9.61 Å². The molecular formula is C20H25IN2OS. The van der Waals surface area contributed by atoms with E-state index < -0.39 is 0 Å². The zero-order valence-corrected chi connectivity index (χ0v) is 17.5. The first kappa shape index (κ1) is 17.7. The quantitative estimate of drug-likeness (QED) is 0.507. The molecule has 0 saturated heterocycles. The van der Waals surface area contributed by atoms with Crippen molar-refractivity contribution in [1.82, 2.24) is 10.6 Å². The predicted octanol–water partition coefficient (Wildman–Crippen LogP) is 4.50. The molecule has 1 unspecified atom stereocenters. The lowest BCUT2D eigenvalue weighted by Crippen LogP contribution is -2.57. The molecule has 1 atom stereocenters. The van der Waals surface area contributed by atoms with Crippen LogP contribution in [-0.2, 0) is 0 Å². The summed E-state index contributed by atoms with van der Waals surface area (Å²) < 4.78 is 0.939. The highest BCUT2D eigenvalue weighted by Crippen LogP contribution is 2.61. The summed E-state index contributed by atoms with van der Waals surface area (Å²) >= 11 is 7.64. The molecule has 0 aliphatic heterocycles. The third kappa shape index (κ3) is 3.46. The number of benzene rings is 1. The van der Waals surface area contributed by atoms with E-state index in [9.17, 15) is 4.79 Å². The van der Waals surface area contributed by atoms with Crippen LogP contribution in [0, 0.1) is 26.7 Å². The Morgan fingerprint density at radius 3 is 2.28 bits per heavy atom. The van der Waals surface area contributed by atoms with Crippen LogP contribution in [0.1, 0.15) is 55.8 Å². The lowest BCUT2D eigenvalue weighted by atomic mass is 9.48. The number of amides is 1. The highest BCUT2D eigenvalue weighted by molar-refractivity contribution is 14.1. The fraction of sp³-hybridized carbons (Fsp3) is 0.600. The van der Waals surface area contributed by atoms with Crippen molar-refractivity contribution in [3.8, 4) is 0 Å². The van der Waals surface area contributed by atoms with Crippen molar-refractivity contribution in [2.45, 2.75) is 51.5 Å². The number of thiocarbonyl (C=S) groups is 1. The Balaban J connectivity index is 1.39. The second kappa shape index (κ2) is 6.80. The highest BCUT2D eigenvalue weighted by atomic mass is 127. The maximum absolute atomic E-state index is 12.5. The number of carbonyl (C=O) groups excluding carboxylic acids is 1. The Labute approximate surface area is 168 Å². The van der Waals surface area contributed by atoms with Crippen molar-refractivity contribution in [3.63, 3.8) is 0 Å². The molecule has 1 amide bonds. The molecule has 5 rings (SSSR count). The summed E-state index contributed by atoms with van der Waals surface area (Å²) in [7, 11) is 0. The molecule has 134 valence electrons. The van der Waals surface area contributed by atoms with Crippen LogP contribution in [-0.4, -0.2) is 17.1 Å². The molecule has 25 heavy (non-hydrogen) atoms. The van der Waals surface area contributed by atoms with Crippen LogP contribution in [0.3, 0.4) is 0 Å². The third-order valence-electron chi connectivity index (χ3n) is 6.70. The molecule has 0 aromatic heterocycles. The van der Waals surface area contributed by atoms with Crippen molar-refractivity contribution in [3.05, 3.63) is 33.4 Å². The van der Waals surface area contributed by atoms with E-state index in [0.29, 0.717) is 22.1 Å². The fourth-order valence-electron chi connectivity index (χ4n) is 5.91. The van der Waals surface area contributed by atoms with Gasteiger partial charge < -0.3 is 5.32 Å². The summed E-state index contributed by atoms with van der Waals surface area (Å²) in [5.74, 6) is 2.64. The van der Waals surface area contributed by atoms with E-state index in [4.69, 9.17) is 12.2 Å². The zero-order valence-electron chi connectivity index (χ0n) is 14.6. The molecular weight excluding hydrogens is 443 g/mol. The van der Waals surface area contributed by atoms with Gasteiger partial charge in [-0.1, -0.05) is 12.1 Å². The van der Waals surface area contributed by atoms with E-state index >= 15 is 0 Å². The van der Waals surface area contributed by atoms with Gasteiger partial charge in [-0.3, -0.25) is 10.1 Å². The van der Waals surface area contributed by atoms with Gasteiger partial charge in [-0.15, -0.1) is 0 Å². The Morgan fingerprint density at radius 1 is 1.16 bits per heavy atom. The molecule has 4 fully saturated rings. The van der Waals surface area contributed by atoms with Crippen LogP contribution >= 0.6 is 34.8 Å². The summed E-state index contributed by atoms with van der Waals surface area (Å²) in [6.45, 7) is 2.26. The second-order valence-electron chi connectivity index (χ2n) is 8.41. The molecule has 4 aliphatic carbocycles. The van der Waals surface area contributed by atoms with Gasteiger partial charge >= 0.3 is 0 Å². The van der Waals surface area contributed by atoms with E-state index in [2.05, 4.69) is 40.1 Å². The van der Waals surface area contributed by atoms with Crippen LogP contribution in [0.25, 0.3) is 0 Å². The van der Waals surface area contributed by atoms with Gasteiger partial charge in [-0.05, 0) is 116 Å². The lowest BCUT2D eigenvalue weighted by Gasteiger charge is -2.59. The van der Waals surface area contributed by atoms with Crippen molar-refractivity contribution in [2.75, 3.05) is 0 Å². The number of nitrogens with one attached hydrogen (secondary N) is 2. The molecule has 0 heterocycles. The van der Waals surface area contributed by atoms with Crippen LogP contribution in [0.5, 0.6) is 0 Å². The number of hydrogen-bond donors (Lipinski definition) is 2. The SMILES string of the molecule is CC(NC(=S)NC(=O)c1ccccc1I)C12CC3CC(CC(C3)C1)C2. The van der Waals surface area contributed by atoms with Gasteiger partial charge in [0.05, 0.1) is 5.56 Å². The first-order chi connectivity index (χ1) is 11.9. The molecule has 0 radical (unpaired) electrons. The maximum Gasteiger partial charge on any atom is 0.258 e. The van der Waals surface area contributed by atoms with Gasteiger partial charge in [0.2, 0.25) is 0 Å². The molecule has 4 bridgehead atoms. The Kier molecular flexibility index (Phi) is 4.82. The minimum absolute atomic E-state index is 0.125. The smallest absolute Gasteiger partial charge is 0.258 e. The Morgan fingerprint density at radius 2 is 1.72 bits per heavy atom. The van der Waals surface area contributed by atoms with Crippen LogP contribution in [0.15, 0.2) is 24.3 Å². The van der Waals surface area contributed by atoms with Gasteiger partial charge in [0.15, 0.2) is 5.11 Å². The standard InChI is InChI=1S/C20H25IN2OS/c1-12(20-9-13-6-14(10-20)8-15(7-13)11-20)22-19(25)23-18(24)16-4-2-3-5-17(16)21/h2-5,12-15H,6-11H2,1H3,(H2,22,23,24,25). The third-order valence-corrected chi connectivity index (χ3v) is 7.86. The van der Waals surface area contributed by atoms with E-state index in [0.717, 1.165) is 21.3 Å². The number of carbonyl (C=O) groups is 1. The summed E-state index contributed by atoms with van der Waals surface area (Å²) in [6.07, 6.45) is 8.33. The second-order valence-corrected chi connectivity index (χ2v) is 9.98. The first-order valence-electron chi connectivity index (χ1n) is 9.31. The molecule has 4 aliphatic rings. The highest BCUT2D eigenvalue weighted by Gasteiger charge is 2.53. The average molecular weight is 468 g/mol. The molecule has 5 heteroatoms. The lowest BCUT2D eigenvalue weighted by molar-refractivity contribution is -0.0672. The topological polar surface area (TPSA) is 41.1 Å². The van der Waals surface area contributed by atoms with Crippen LogP contribution in [0.2, 0.25) is 0 Å². The van der Waals surface area contributed by atoms with E-state index in [-0.39, 0.29) is 5.91 Å². The molecule has 2 N–H and O–H groups in total. The average Bonchev–Trinajstić information content (AvgIpc) is 2.53. The summed E-state index contributed by atoms with van der Waals surface area (Å²) in [5, 5.41) is 6.80. The number of rotatable bonds is 3. The number of halogens is 1. The molecule has 4 saturated carbocycles.